The number of amides is 3. The first kappa shape index (κ1) is 34.5. The summed E-state index contributed by atoms with van der Waals surface area (Å²) >= 11 is 1.29. The van der Waals surface area contributed by atoms with E-state index < -0.39 is 23.2 Å². The molecule has 0 aromatic heterocycles. The van der Waals surface area contributed by atoms with Crippen LogP contribution in [-0.4, -0.2) is 66.2 Å². The summed E-state index contributed by atoms with van der Waals surface area (Å²) < 4.78 is 30.3. The molecule has 2 aliphatic heterocycles. The Labute approximate surface area is 294 Å². The van der Waals surface area contributed by atoms with Crippen LogP contribution in [0.25, 0.3) is 0 Å². The van der Waals surface area contributed by atoms with E-state index >= 15 is 0 Å². The normalized spacial score (nSPS) is 18.0. The van der Waals surface area contributed by atoms with E-state index in [2.05, 4.69) is 10.3 Å². The van der Waals surface area contributed by atoms with Crippen LogP contribution in [0.15, 0.2) is 102 Å². The van der Waals surface area contributed by atoms with Gasteiger partial charge in [0.1, 0.15) is 23.7 Å². The molecule has 2 fully saturated rings. The number of hydrogen-bond acceptors (Lipinski definition) is 8. The molecule has 1 unspecified atom stereocenters. The summed E-state index contributed by atoms with van der Waals surface area (Å²) in [5.74, 6) is 0.327. The molecule has 2 heterocycles. The number of nitrogens with zero attached hydrogens (tertiary/aromatic N) is 3. The van der Waals surface area contributed by atoms with Crippen molar-refractivity contribution in [1.29, 1.82) is 0 Å². The van der Waals surface area contributed by atoms with Crippen LogP contribution >= 0.6 is 11.8 Å². The van der Waals surface area contributed by atoms with E-state index in [4.69, 9.17) is 14.2 Å². The molecule has 4 aromatic rings. The number of carbonyl (C=O) groups excluding carboxylic acids is 3. The quantitative estimate of drug-likeness (QED) is 0.178. The molecule has 0 aliphatic carbocycles. The molecule has 258 valence electrons. The molecule has 4 aromatic carbocycles. The van der Waals surface area contributed by atoms with Gasteiger partial charge in [0, 0.05) is 18.8 Å². The van der Waals surface area contributed by atoms with Crippen molar-refractivity contribution in [2.75, 3.05) is 32.6 Å². The number of thioether (sulfide) groups is 1. The minimum Gasteiger partial charge on any atom is -0.493 e. The number of rotatable bonds is 11. The number of nitrogens with one attached hydrogen (secondary N) is 1. The summed E-state index contributed by atoms with van der Waals surface area (Å²) in [5.41, 5.74) is 3.48. The molecular weight excluding hydrogens is 660 g/mol. The monoisotopic (exact) mass is 696 g/mol. The van der Waals surface area contributed by atoms with Crippen LogP contribution in [-0.2, 0) is 27.4 Å². The third-order valence-electron chi connectivity index (χ3n) is 8.53. The minimum absolute atomic E-state index is 0.131. The van der Waals surface area contributed by atoms with Crippen molar-refractivity contribution >= 4 is 46.2 Å². The Bertz CT molecular complexity index is 1870. The van der Waals surface area contributed by atoms with Crippen molar-refractivity contribution in [2.24, 2.45) is 4.99 Å². The van der Waals surface area contributed by atoms with E-state index in [1.807, 2.05) is 48.5 Å². The van der Waals surface area contributed by atoms with E-state index in [1.54, 1.807) is 55.5 Å². The lowest BCUT2D eigenvalue weighted by Crippen LogP contribution is -2.43. The topological polar surface area (TPSA) is 110 Å². The summed E-state index contributed by atoms with van der Waals surface area (Å²) in [5, 5.41) is 2.78. The van der Waals surface area contributed by atoms with Crippen molar-refractivity contribution in [3.63, 3.8) is 0 Å². The van der Waals surface area contributed by atoms with Crippen molar-refractivity contribution in [2.45, 2.75) is 37.2 Å². The number of carbonyl (C=O) groups is 3. The van der Waals surface area contributed by atoms with Gasteiger partial charge in [-0.25, -0.2) is 14.2 Å². The van der Waals surface area contributed by atoms with E-state index in [9.17, 15) is 18.8 Å². The molecule has 3 amide bonds. The zero-order valence-corrected chi connectivity index (χ0v) is 28.5. The maximum absolute atomic E-state index is 14.0. The fourth-order valence-corrected chi connectivity index (χ4v) is 7.12. The van der Waals surface area contributed by atoms with Gasteiger partial charge in [0.2, 0.25) is 11.8 Å². The molecule has 1 N–H and O–H groups in total. The molecule has 6 rings (SSSR count). The molecule has 2 aliphatic rings. The number of ether oxygens (including phenoxy) is 3. The lowest BCUT2D eigenvalue weighted by molar-refractivity contribution is -0.126. The van der Waals surface area contributed by atoms with Crippen LogP contribution in [0, 0.1) is 5.82 Å². The second-order valence-corrected chi connectivity index (χ2v) is 12.9. The van der Waals surface area contributed by atoms with Crippen LogP contribution in [0.5, 0.6) is 11.5 Å². The van der Waals surface area contributed by atoms with Gasteiger partial charge in [-0.05, 0) is 78.4 Å². The number of benzene rings is 4. The Morgan fingerprint density at radius 1 is 0.920 bits per heavy atom. The van der Waals surface area contributed by atoms with Gasteiger partial charge in [0.05, 0.1) is 19.9 Å². The van der Waals surface area contributed by atoms with E-state index in [0.717, 1.165) is 16.7 Å². The summed E-state index contributed by atoms with van der Waals surface area (Å²) in [6, 6.07) is 27.4. The zero-order chi connectivity index (χ0) is 35.0. The molecule has 0 spiro atoms. The van der Waals surface area contributed by atoms with E-state index in [-0.39, 0.29) is 18.4 Å². The Morgan fingerprint density at radius 2 is 1.70 bits per heavy atom. The highest BCUT2D eigenvalue weighted by Crippen LogP contribution is 2.41. The van der Waals surface area contributed by atoms with Gasteiger partial charge in [0.15, 0.2) is 16.7 Å². The lowest BCUT2D eigenvalue weighted by atomic mass is 10.1. The maximum Gasteiger partial charge on any atom is 0.410 e. The Balaban J connectivity index is 1.13. The van der Waals surface area contributed by atoms with Gasteiger partial charge in [-0.3, -0.25) is 19.4 Å². The number of hydrogen-bond donors (Lipinski definition) is 1. The largest absolute Gasteiger partial charge is 0.493 e. The number of aliphatic imine (C=N–C) groups is 1. The van der Waals surface area contributed by atoms with E-state index in [0.29, 0.717) is 60.4 Å². The number of likely N-dealkylation sites (tertiary alicyclic amines) is 1. The molecule has 0 bridgehead atoms. The third kappa shape index (κ3) is 8.08. The van der Waals surface area contributed by atoms with Gasteiger partial charge in [-0.1, -0.05) is 66.4 Å². The predicted molar refractivity (Wildman–Crippen MR) is 190 cm³/mol. The van der Waals surface area contributed by atoms with Crippen molar-refractivity contribution in [1.82, 2.24) is 9.80 Å². The molecular formula is C38H37FN4O6S. The van der Waals surface area contributed by atoms with Crippen LogP contribution in [0.3, 0.4) is 0 Å². The highest BCUT2D eigenvalue weighted by molar-refractivity contribution is 8.15. The van der Waals surface area contributed by atoms with Crippen LogP contribution in [0.2, 0.25) is 0 Å². The number of halogens is 1. The Morgan fingerprint density at radius 3 is 2.44 bits per heavy atom. The van der Waals surface area contributed by atoms with Gasteiger partial charge in [0.25, 0.3) is 0 Å². The average molecular weight is 697 g/mol. The highest BCUT2D eigenvalue weighted by Gasteiger charge is 2.39. The van der Waals surface area contributed by atoms with Crippen LogP contribution < -0.4 is 14.8 Å². The first-order valence-electron chi connectivity index (χ1n) is 16.2. The smallest absolute Gasteiger partial charge is 0.410 e. The van der Waals surface area contributed by atoms with E-state index in [1.165, 1.54) is 28.8 Å². The Kier molecular flexibility index (Phi) is 11.0. The summed E-state index contributed by atoms with van der Waals surface area (Å²) in [6.07, 6.45) is 1.22. The molecule has 0 radical (unpaired) electrons. The highest BCUT2D eigenvalue weighted by atomic mass is 32.2. The van der Waals surface area contributed by atoms with Crippen molar-refractivity contribution < 1.29 is 33.0 Å². The van der Waals surface area contributed by atoms with Crippen LogP contribution in [0.4, 0.5) is 20.6 Å². The first-order chi connectivity index (χ1) is 24.3. The molecule has 2 saturated heterocycles. The number of methoxy groups -OCH3 is 2. The van der Waals surface area contributed by atoms with Crippen LogP contribution in [0.1, 0.15) is 34.8 Å². The van der Waals surface area contributed by atoms with Gasteiger partial charge in [-0.15, -0.1) is 0 Å². The van der Waals surface area contributed by atoms with Gasteiger partial charge < -0.3 is 19.5 Å². The summed E-state index contributed by atoms with van der Waals surface area (Å²) in [6.45, 7) is 0.908. The van der Waals surface area contributed by atoms with Gasteiger partial charge in [-0.2, -0.15) is 0 Å². The standard InChI is InChI=1S/C38H37FN4O6S/c1-47-32-18-13-25(22-33(32)48-2)19-21-43-36(45)34(50-37(43)41-30-11-6-10-28(39)23-30)27-14-16-29(17-15-27)40-35(44)31-12-7-20-42(31)38(46)49-24-26-8-4-3-5-9-26/h3-6,8-11,13-18,22-23,31,34H,7,12,19-21,24H2,1-2H3,(H,40,44)/t31-,34?/m1/s1. The third-order valence-corrected chi connectivity index (χ3v) is 9.76. The molecule has 10 nitrogen and oxygen atoms in total. The Hall–Kier alpha value is -5.36. The fourth-order valence-electron chi connectivity index (χ4n) is 5.92. The maximum atomic E-state index is 14.0. The molecule has 12 heteroatoms. The second kappa shape index (κ2) is 15.9. The summed E-state index contributed by atoms with van der Waals surface area (Å²) in [7, 11) is 3.14. The minimum atomic E-state index is -0.647. The molecule has 2 atom stereocenters. The van der Waals surface area contributed by atoms with Crippen molar-refractivity contribution in [3.05, 3.63) is 120 Å². The lowest BCUT2D eigenvalue weighted by Gasteiger charge is -2.23. The second-order valence-electron chi connectivity index (χ2n) is 11.8. The van der Waals surface area contributed by atoms with Gasteiger partial charge >= 0.3 is 6.09 Å². The average Bonchev–Trinajstić information content (AvgIpc) is 3.75. The predicted octanol–water partition coefficient (Wildman–Crippen LogP) is 7.13. The van der Waals surface area contributed by atoms with Crippen molar-refractivity contribution in [3.8, 4) is 11.5 Å². The number of anilines is 1. The molecule has 0 saturated carbocycles. The first-order valence-corrected chi connectivity index (χ1v) is 17.1. The number of amidine groups is 1. The SMILES string of the molecule is COc1ccc(CCN2C(=O)C(c3ccc(NC(=O)[C@H]4CCCN4C(=O)OCc4ccccc4)cc3)SC2=Nc2cccc(F)c2)cc1OC. The fraction of sp³-hybridized carbons (Fsp3) is 0.263. The molecule has 50 heavy (non-hydrogen) atoms. The zero-order valence-electron chi connectivity index (χ0n) is 27.7. The summed E-state index contributed by atoms with van der Waals surface area (Å²) in [4.78, 5) is 47.7.